The Morgan fingerprint density at radius 3 is 2.29 bits per heavy atom. The average Bonchev–Trinajstić information content (AvgIpc) is 3.45. The summed E-state index contributed by atoms with van der Waals surface area (Å²) in [5, 5.41) is 0. The zero-order valence-electron chi connectivity index (χ0n) is 19.1. The number of thiol groups is 1. The number of fused-ring (bicyclic) bond motifs is 1. The third kappa shape index (κ3) is 4.14. The van der Waals surface area contributed by atoms with Gasteiger partial charge in [-0.1, -0.05) is 31.9 Å². The quantitative estimate of drug-likeness (QED) is 0.381. The summed E-state index contributed by atoms with van der Waals surface area (Å²) in [6.07, 6.45) is 3.42. The van der Waals surface area contributed by atoms with Gasteiger partial charge in [-0.15, -0.1) is 0 Å². The molecule has 0 spiro atoms. The highest BCUT2D eigenvalue weighted by Crippen LogP contribution is 2.53. The van der Waals surface area contributed by atoms with E-state index in [2.05, 4.69) is 35.5 Å². The van der Waals surface area contributed by atoms with Crippen LogP contribution in [0.2, 0.25) is 0 Å². The van der Waals surface area contributed by atoms with Crippen LogP contribution < -0.4 is 13.8 Å². The molecule has 6 rings (SSSR count). The molecule has 2 aliphatic heterocycles. The number of hydrogen-bond donors (Lipinski definition) is 1. The number of halogens is 1. The smallest absolute Gasteiger partial charge is 0.130 e. The maximum atomic E-state index is 13.1. The van der Waals surface area contributed by atoms with E-state index < -0.39 is 0 Å². The Labute approximate surface area is 205 Å². The van der Waals surface area contributed by atoms with Gasteiger partial charge >= 0.3 is 0 Å². The molecule has 176 valence electrons. The Morgan fingerprint density at radius 1 is 0.941 bits per heavy atom. The minimum atomic E-state index is -0.278. The fraction of sp³-hybridized carbons (Fsp3) is 0.357. The fourth-order valence-electron chi connectivity index (χ4n) is 5.02. The molecule has 3 aliphatic rings. The Morgan fingerprint density at radius 2 is 1.65 bits per heavy atom. The average molecular weight is 478 g/mol. The van der Waals surface area contributed by atoms with Crippen LogP contribution in [0.3, 0.4) is 0 Å². The van der Waals surface area contributed by atoms with E-state index in [1.807, 2.05) is 12.1 Å². The molecule has 0 N–H and O–H groups in total. The summed E-state index contributed by atoms with van der Waals surface area (Å²) >= 11 is 4.88. The van der Waals surface area contributed by atoms with Crippen LogP contribution in [0.4, 0.5) is 10.1 Å². The summed E-state index contributed by atoms with van der Waals surface area (Å²) in [4.78, 5) is 0. The second kappa shape index (κ2) is 8.82. The maximum Gasteiger partial charge on any atom is 0.130 e. The number of hydrogen-bond acceptors (Lipinski definition) is 5. The first kappa shape index (κ1) is 21.8. The van der Waals surface area contributed by atoms with Crippen molar-refractivity contribution in [1.29, 1.82) is 0 Å². The zero-order chi connectivity index (χ0) is 23.2. The first-order valence-corrected chi connectivity index (χ1v) is 12.4. The van der Waals surface area contributed by atoms with Crippen molar-refractivity contribution in [3.8, 4) is 17.2 Å². The first-order chi connectivity index (χ1) is 16.6. The molecular weight excluding hydrogens is 449 g/mol. The van der Waals surface area contributed by atoms with Crippen LogP contribution >= 0.6 is 12.8 Å². The Kier molecular flexibility index (Phi) is 5.66. The van der Waals surface area contributed by atoms with Crippen LogP contribution in [-0.4, -0.2) is 19.3 Å². The minimum Gasteiger partial charge on any atom is -0.485 e. The van der Waals surface area contributed by atoms with Crippen molar-refractivity contribution < 1.29 is 18.6 Å². The van der Waals surface area contributed by atoms with E-state index in [1.54, 1.807) is 12.1 Å². The molecule has 0 amide bonds. The molecule has 1 saturated carbocycles. The van der Waals surface area contributed by atoms with Gasteiger partial charge in [0.1, 0.15) is 29.2 Å². The molecule has 4 nitrogen and oxygen atoms in total. The Balaban J connectivity index is 1.24. The summed E-state index contributed by atoms with van der Waals surface area (Å²) in [6.45, 7) is 3.75. The lowest BCUT2D eigenvalue weighted by atomic mass is 9.90. The van der Waals surface area contributed by atoms with Gasteiger partial charge in [-0.2, -0.15) is 0 Å². The van der Waals surface area contributed by atoms with Crippen molar-refractivity contribution in [2.24, 2.45) is 0 Å². The first-order valence-electron chi connectivity index (χ1n) is 12.0. The third-order valence-corrected chi connectivity index (χ3v) is 7.67. The summed E-state index contributed by atoms with van der Waals surface area (Å²) in [5.41, 5.74) is 4.93. The molecule has 0 radical (unpaired) electrons. The predicted octanol–water partition coefficient (Wildman–Crippen LogP) is 7.17. The molecule has 1 aliphatic carbocycles. The van der Waals surface area contributed by atoms with Gasteiger partial charge in [-0.25, -0.2) is 4.39 Å². The van der Waals surface area contributed by atoms with Gasteiger partial charge in [0.25, 0.3) is 0 Å². The highest BCUT2D eigenvalue weighted by molar-refractivity contribution is 7.81. The Bertz CT molecular complexity index is 1170. The lowest BCUT2D eigenvalue weighted by Crippen LogP contribution is -2.27. The van der Waals surface area contributed by atoms with Crippen LogP contribution in [0.15, 0.2) is 60.7 Å². The van der Waals surface area contributed by atoms with Gasteiger partial charge in [0, 0.05) is 24.2 Å². The molecule has 0 bridgehead atoms. The minimum absolute atomic E-state index is 0.0552. The summed E-state index contributed by atoms with van der Waals surface area (Å²) < 4.78 is 33.2. The second-order valence-corrected chi connectivity index (χ2v) is 9.97. The maximum absolute atomic E-state index is 13.1. The Hall–Kier alpha value is -2.70. The van der Waals surface area contributed by atoms with E-state index >= 15 is 0 Å². The number of ether oxygens (including phenoxy) is 3. The van der Waals surface area contributed by atoms with E-state index in [1.165, 1.54) is 36.1 Å². The standard InChI is InChI=1S/C28H28FNO3S/c1-17-24-14-25(18-2-3-18)26(30(34)21-12-13-31-16-21)15-27(24)33-28(17)19-4-8-22(9-5-19)32-23-10-6-20(29)7-11-23/h4-11,14-15,17-18,21,28,34H,2-3,12-13,16H2,1H3. The molecule has 3 aromatic carbocycles. The van der Waals surface area contributed by atoms with Crippen molar-refractivity contribution in [3.63, 3.8) is 0 Å². The molecule has 2 fully saturated rings. The predicted molar refractivity (Wildman–Crippen MR) is 134 cm³/mol. The van der Waals surface area contributed by atoms with E-state index in [-0.39, 0.29) is 17.8 Å². The van der Waals surface area contributed by atoms with E-state index in [0.717, 1.165) is 36.6 Å². The molecule has 2 heterocycles. The third-order valence-electron chi connectivity index (χ3n) is 7.13. The van der Waals surface area contributed by atoms with Crippen LogP contribution in [-0.2, 0) is 4.74 Å². The summed E-state index contributed by atoms with van der Waals surface area (Å²) in [6, 6.07) is 18.9. The molecule has 1 saturated heterocycles. The van der Waals surface area contributed by atoms with Gasteiger partial charge in [0.2, 0.25) is 0 Å². The van der Waals surface area contributed by atoms with E-state index in [9.17, 15) is 4.39 Å². The van der Waals surface area contributed by atoms with E-state index in [4.69, 9.17) is 27.0 Å². The highest BCUT2D eigenvalue weighted by Gasteiger charge is 2.37. The number of benzene rings is 3. The molecule has 0 aromatic heterocycles. The van der Waals surface area contributed by atoms with Gasteiger partial charge in [-0.05, 0) is 78.8 Å². The summed E-state index contributed by atoms with van der Waals surface area (Å²) in [7, 11) is 0. The number of anilines is 1. The molecule has 3 atom stereocenters. The topological polar surface area (TPSA) is 30.9 Å². The fourth-order valence-corrected chi connectivity index (χ4v) is 5.37. The van der Waals surface area contributed by atoms with Gasteiger partial charge in [0.15, 0.2) is 0 Å². The second-order valence-electron chi connectivity index (χ2n) is 9.54. The van der Waals surface area contributed by atoms with Crippen molar-refractivity contribution in [2.75, 3.05) is 17.5 Å². The van der Waals surface area contributed by atoms with Gasteiger partial charge < -0.3 is 18.5 Å². The number of rotatable bonds is 6. The molecular formula is C28H28FNO3S. The van der Waals surface area contributed by atoms with E-state index in [0.29, 0.717) is 23.5 Å². The van der Waals surface area contributed by atoms with Crippen LogP contribution in [0.5, 0.6) is 17.2 Å². The molecule has 3 aromatic rings. The normalized spacial score (nSPS) is 23.4. The van der Waals surface area contributed by atoms with Crippen molar-refractivity contribution in [2.45, 2.75) is 50.2 Å². The lowest BCUT2D eigenvalue weighted by Gasteiger charge is -2.27. The monoisotopic (exact) mass is 477 g/mol. The van der Waals surface area contributed by atoms with Crippen molar-refractivity contribution in [3.05, 3.63) is 83.2 Å². The lowest BCUT2D eigenvalue weighted by molar-refractivity contribution is 0.194. The number of nitrogens with zero attached hydrogens (tertiary/aromatic N) is 1. The highest BCUT2D eigenvalue weighted by atomic mass is 32.1. The molecule has 34 heavy (non-hydrogen) atoms. The molecule has 3 unspecified atom stereocenters. The van der Waals surface area contributed by atoms with Crippen molar-refractivity contribution >= 4 is 18.5 Å². The van der Waals surface area contributed by atoms with Gasteiger partial charge in [-0.3, -0.25) is 0 Å². The largest absolute Gasteiger partial charge is 0.485 e. The zero-order valence-corrected chi connectivity index (χ0v) is 20.0. The van der Waals surface area contributed by atoms with Crippen LogP contribution in [0, 0.1) is 5.82 Å². The SMILES string of the molecule is CC1c2cc(C3CC3)c(N(S)C3CCOC3)cc2OC1c1ccc(Oc2ccc(F)cc2)cc1. The van der Waals surface area contributed by atoms with Gasteiger partial charge in [0.05, 0.1) is 18.3 Å². The van der Waals surface area contributed by atoms with Crippen LogP contribution in [0.25, 0.3) is 0 Å². The van der Waals surface area contributed by atoms with Crippen molar-refractivity contribution in [1.82, 2.24) is 0 Å². The van der Waals surface area contributed by atoms with Crippen LogP contribution in [0.1, 0.15) is 60.8 Å². The molecule has 6 heteroatoms. The summed E-state index contributed by atoms with van der Waals surface area (Å²) in [5.74, 6) is 2.85.